The largest absolute Gasteiger partial charge is 0.344 e. The highest BCUT2D eigenvalue weighted by Gasteiger charge is 2.66. The number of hydrogen-bond acceptors (Lipinski definition) is 1. The molecule has 1 fully saturated rings. The molecule has 1 saturated carbocycles. The summed E-state index contributed by atoms with van der Waals surface area (Å²) in [6.07, 6.45) is 0. The Hall–Kier alpha value is -5.66. The predicted octanol–water partition coefficient (Wildman–Crippen LogP) is 11.6. The van der Waals surface area contributed by atoms with E-state index in [0.717, 1.165) is 0 Å². The molecule has 0 heterocycles. The minimum atomic E-state index is -0.340. The Morgan fingerprint density at radius 1 is 0.449 bits per heavy atom. The molecule has 4 aliphatic rings. The van der Waals surface area contributed by atoms with Crippen molar-refractivity contribution in [2.75, 3.05) is 11.9 Å². The van der Waals surface area contributed by atoms with E-state index >= 15 is 0 Å². The van der Waals surface area contributed by atoms with Crippen LogP contribution < -0.4 is 4.90 Å². The summed E-state index contributed by atoms with van der Waals surface area (Å²) in [5.41, 5.74) is 20.2. The highest BCUT2D eigenvalue weighted by molar-refractivity contribution is 6.00. The molecule has 11 rings (SSSR count). The summed E-state index contributed by atoms with van der Waals surface area (Å²) >= 11 is 0. The second-order valence-corrected chi connectivity index (χ2v) is 14.6. The first kappa shape index (κ1) is 27.3. The molecule has 1 nitrogen and oxygen atoms in total. The van der Waals surface area contributed by atoms with Gasteiger partial charge in [0.05, 0.1) is 5.41 Å². The molecular weight excluding hydrogens is 591 g/mol. The van der Waals surface area contributed by atoms with Gasteiger partial charge in [0.15, 0.2) is 0 Å². The van der Waals surface area contributed by atoms with Crippen molar-refractivity contribution in [2.24, 2.45) is 0 Å². The van der Waals surface area contributed by atoms with E-state index in [4.69, 9.17) is 0 Å². The summed E-state index contributed by atoms with van der Waals surface area (Å²) < 4.78 is 0. The van der Waals surface area contributed by atoms with Gasteiger partial charge in [-0.15, -0.1) is 0 Å². The fraction of sp³-hybridized carbons (Fsp3) is 0.125. The molecule has 0 radical (unpaired) electrons. The van der Waals surface area contributed by atoms with Gasteiger partial charge in [0.1, 0.15) is 0 Å². The summed E-state index contributed by atoms with van der Waals surface area (Å²) in [7, 11) is 2.25. The number of nitrogens with zero attached hydrogens (tertiary/aromatic N) is 1. The van der Waals surface area contributed by atoms with Crippen LogP contribution in [0.4, 0.5) is 11.4 Å². The molecule has 7 aromatic carbocycles. The van der Waals surface area contributed by atoms with Gasteiger partial charge in [0, 0.05) is 41.2 Å². The standard InChI is InChI=1S/C48H35N/c1-47-38-28-27-31(29-37(38)32-17-6-7-20-35(32)46(47)45(47)30-15-4-3-5-16-30)49(2)43-26-14-25-42-44(43)36-21-10-13-24-41(36)48(42)39-22-11-8-18-33(39)34-19-9-12-23-40(34)48/h3-29,45-46H,1-2H3/t45?,46-,47?/m1/s1. The summed E-state index contributed by atoms with van der Waals surface area (Å²) in [5, 5.41) is 0. The van der Waals surface area contributed by atoms with Gasteiger partial charge in [-0.05, 0) is 85.0 Å². The maximum Gasteiger partial charge on any atom is 0.0726 e. The summed E-state index contributed by atoms with van der Waals surface area (Å²) in [4.78, 5) is 2.43. The third kappa shape index (κ3) is 3.26. The van der Waals surface area contributed by atoms with Crippen molar-refractivity contribution in [2.45, 2.75) is 29.6 Å². The molecule has 4 aliphatic carbocycles. The average Bonchev–Trinajstić information content (AvgIpc) is 3.57. The van der Waals surface area contributed by atoms with Crippen LogP contribution in [0.3, 0.4) is 0 Å². The average molecular weight is 626 g/mol. The zero-order valence-electron chi connectivity index (χ0n) is 27.7. The predicted molar refractivity (Wildman–Crippen MR) is 202 cm³/mol. The first-order chi connectivity index (χ1) is 24.1. The van der Waals surface area contributed by atoms with Crippen molar-refractivity contribution in [3.05, 3.63) is 203 Å². The summed E-state index contributed by atoms with van der Waals surface area (Å²) in [6, 6.07) is 61.8. The van der Waals surface area contributed by atoms with E-state index in [-0.39, 0.29) is 10.8 Å². The summed E-state index contributed by atoms with van der Waals surface area (Å²) in [6.45, 7) is 2.49. The number of anilines is 2. The third-order valence-electron chi connectivity index (χ3n) is 12.6. The van der Waals surface area contributed by atoms with Gasteiger partial charge in [-0.1, -0.05) is 153 Å². The lowest BCUT2D eigenvalue weighted by atomic mass is 9.70. The molecule has 0 saturated heterocycles. The lowest BCUT2D eigenvalue weighted by Gasteiger charge is -2.31. The van der Waals surface area contributed by atoms with E-state index in [9.17, 15) is 0 Å². The normalized spacial score (nSPS) is 20.7. The van der Waals surface area contributed by atoms with Crippen LogP contribution in [0, 0.1) is 0 Å². The van der Waals surface area contributed by atoms with Crippen LogP contribution >= 0.6 is 0 Å². The molecule has 0 bridgehead atoms. The van der Waals surface area contributed by atoms with Gasteiger partial charge < -0.3 is 4.90 Å². The zero-order valence-corrected chi connectivity index (χ0v) is 27.7. The van der Waals surface area contributed by atoms with Gasteiger partial charge in [-0.2, -0.15) is 0 Å². The third-order valence-corrected chi connectivity index (χ3v) is 12.6. The van der Waals surface area contributed by atoms with Gasteiger partial charge in [-0.25, -0.2) is 0 Å². The van der Waals surface area contributed by atoms with Crippen molar-refractivity contribution < 1.29 is 0 Å². The first-order valence-corrected chi connectivity index (χ1v) is 17.6. The highest BCUT2D eigenvalue weighted by atomic mass is 15.1. The van der Waals surface area contributed by atoms with Gasteiger partial charge in [0.25, 0.3) is 0 Å². The molecule has 0 amide bonds. The minimum Gasteiger partial charge on any atom is -0.344 e. The minimum absolute atomic E-state index is 0.0880. The fourth-order valence-corrected chi connectivity index (χ4v) is 10.5. The van der Waals surface area contributed by atoms with Crippen molar-refractivity contribution >= 4 is 11.4 Å². The SMILES string of the molecule is CN(c1ccc2c(c1)-c1ccccc1[C@@H]1C(c3ccccc3)C21C)c1cccc2c1-c1ccccc1C21c2ccccc2-c2ccccc21. The number of rotatable bonds is 3. The lowest BCUT2D eigenvalue weighted by molar-refractivity contribution is 0.722. The summed E-state index contributed by atoms with van der Waals surface area (Å²) in [5.74, 6) is 0.992. The number of benzene rings is 7. The molecule has 0 N–H and O–H groups in total. The van der Waals surface area contributed by atoms with Crippen LogP contribution in [0.15, 0.2) is 164 Å². The molecule has 0 aliphatic heterocycles. The molecule has 0 aromatic heterocycles. The molecule has 49 heavy (non-hydrogen) atoms. The second kappa shape index (κ2) is 9.49. The molecule has 232 valence electrons. The van der Waals surface area contributed by atoms with E-state index in [0.29, 0.717) is 11.8 Å². The Kier molecular flexibility index (Phi) is 5.29. The zero-order chi connectivity index (χ0) is 32.5. The smallest absolute Gasteiger partial charge is 0.0726 e. The Morgan fingerprint density at radius 3 is 1.73 bits per heavy atom. The second-order valence-electron chi connectivity index (χ2n) is 14.6. The van der Waals surface area contributed by atoms with Crippen LogP contribution in [0.5, 0.6) is 0 Å². The molecule has 7 aromatic rings. The molecule has 3 atom stereocenters. The van der Waals surface area contributed by atoms with Crippen molar-refractivity contribution in [3.63, 3.8) is 0 Å². The highest BCUT2D eigenvalue weighted by Crippen LogP contribution is 2.75. The van der Waals surface area contributed by atoms with E-state index in [1.807, 2.05) is 0 Å². The van der Waals surface area contributed by atoms with Gasteiger partial charge in [0.2, 0.25) is 0 Å². The van der Waals surface area contributed by atoms with Crippen LogP contribution in [-0.2, 0) is 10.8 Å². The molecule has 2 unspecified atom stereocenters. The van der Waals surface area contributed by atoms with E-state index < -0.39 is 0 Å². The lowest BCUT2D eigenvalue weighted by Crippen LogP contribution is -2.26. The molecule has 1 heteroatoms. The van der Waals surface area contributed by atoms with Gasteiger partial charge in [-0.3, -0.25) is 0 Å². The monoisotopic (exact) mass is 625 g/mol. The number of hydrogen-bond donors (Lipinski definition) is 0. The fourth-order valence-electron chi connectivity index (χ4n) is 10.5. The number of fused-ring (bicyclic) bond motifs is 16. The van der Waals surface area contributed by atoms with E-state index in [1.54, 1.807) is 0 Å². The molecule has 1 spiro atoms. The maximum absolute atomic E-state index is 2.49. The molecular formula is C48H35N. The topological polar surface area (TPSA) is 3.24 Å². The Labute approximate surface area is 288 Å². The van der Waals surface area contributed by atoms with Crippen molar-refractivity contribution in [3.8, 4) is 33.4 Å². The van der Waals surface area contributed by atoms with E-state index in [1.165, 1.54) is 83.7 Å². The quantitative estimate of drug-likeness (QED) is 0.189. The maximum atomic E-state index is 2.49. The van der Waals surface area contributed by atoms with Crippen LogP contribution in [0.1, 0.15) is 57.7 Å². The Balaban J connectivity index is 1.10. The van der Waals surface area contributed by atoms with Crippen LogP contribution in [-0.4, -0.2) is 7.05 Å². The van der Waals surface area contributed by atoms with Crippen LogP contribution in [0.2, 0.25) is 0 Å². The Morgan fingerprint density at radius 2 is 1.02 bits per heavy atom. The van der Waals surface area contributed by atoms with Crippen molar-refractivity contribution in [1.82, 2.24) is 0 Å². The first-order valence-electron chi connectivity index (χ1n) is 17.6. The van der Waals surface area contributed by atoms with Gasteiger partial charge >= 0.3 is 0 Å². The van der Waals surface area contributed by atoms with Crippen LogP contribution in [0.25, 0.3) is 33.4 Å². The Bertz CT molecular complexity index is 2450. The van der Waals surface area contributed by atoms with Crippen molar-refractivity contribution in [1.29, 1.82) is 0 Å². The van der Waals surface area contributed by atoms with E-state index in [2.05, 4.69) is 183 Å².